The van der Waals surface area contributed by atoms with E-state index >= 15 is 0 Å². The fourth-order valence-corrected chi connectivity index (χ4v) is 4.34. The molecule has 0 saturated carbocycles. The van der Waals surface area contributed by atoms with Gasteiger partial charge in [-0.3, -0.25) is 14.4 Å². The summed E-state index contributed by atoms with van der Waals surface area (Å²) < 4.78 is 8.06. The number of fused-ring (bicyclic) bond motifs is 2. The first-order valence-electron chi connectivity index (χ1n) is 11.3. The van der Waals surface area contributed by atoms with Crippen LogP contribution < -0.4 is 0 Å². The van der Waals surface area contributed by atoms with Crippen LogP contribution in [-0.4, -0.2) is 74.7 Å². The van der Waals surface area contributed by atoms with E-state index in [0.717, 1.165) is 11.3 Å². The lowest BCUT2D eigenvalue weighted by molar-refractivity contribution is -0.136. The third-order valence-corrected chi connectivity index (χ3v) is 6.71. The zero-order chi connectivity index (χ0) is 24.0. The van der Waals surface area contributed by atoms with Crippen LogP contribution in [0.1, 0.15) is 37.9 Å². The number of hydrogen-bond acceptors (Lipinski definition) is 6. The molecule has 0 aliphatic carbocycles. The second-order valence-corrected chi connectivity index (χ2v) is 9.74. The summed E-state index contributed by atoms with van der Waals surface area (Å²) in [6.45, 7) is 6.67. The molecule has 3 atom stereocenters. The zero-order valence-corrected chi connectivity index (χ0v) is 21.0. The van der Waals surface area contributed by atoms with Gasteiger partial charge in [0.2, 0.25) is 5.91 Å². The number of aliphatic hydroxyl groups excluding tert-OH is 1. The molecular formula is C23H33Cl2N5O3. The monoisotopic (exact) mass is 497 g/mol. The largest absolute Gasteiger partial charge is 0.394 e. The molecule has 2 aromatic rings. The number of nitrogens with zero attached hydrogens (tertiary/aromatic N) is 5. The van der Waals surface area contributed by atoms with Crippen molar-refractivity contribution in [2.75, 3.05) is 26.7 Å². The lowest BCUT2D eigenvalue weighted by Gasteiger charge is -2.35. The predicted molar refractivity (Wildman–Crippen MR) is 128 cm³/mol. The van der Waals surface area contributed by atoms with Crippen molar-refractivity contribution in [2.24, 2.45) is 5.92 Å². The summed E-state index contributed by atoms with van der Waals surface area (Å²) in [7, 11) is 2.02. The molecular weight excluding hydrogens is 465 g/mol. The number of rotatable bonds is 6. The molecule has 1 aromatic carbocycles. The Balaban J connectivity index is 1.76. The van der Waals surface area contributed by atoms with Crippen molar-refractivity contribution in [3.05, 3.63) is 45.7 Å². The molecule has 0 radical (unpaired) electrons. The predicted octanol–water partition coefficient (Wildman–Crippen LogP) is 3.24. The summed E-state index contributed by atoms with van der Waals surface area (Å²) in [4.78, 5) is 16.9. The number of amides is 1. The van der Waals surface area contributed by atoms with Crippen molar-refractivity contribution in [1.82, 2.24) is 24.8 Å². The molecule has 0 fully saturated rings. The molecule has 1 aliphatic rings. The van der Waals surface area contributed by atoms with Gasteiger partial charge in [0.25, 0.3) is 0 Å². The van der Waals surface area contributed by atoms with E-state index in [1.54, 1.807) is 15.6 Å². The Morgan fingerprint density at radius 1 is 1.33 bits per heavy atom. The third-order valence-electron chi connectivity index (χ3n) is 5.97. The highest BCUT2D eigenvalue weighted by Crippen LogP contribution is 2.24. The molecule has 0 spiro atoms. The smallest absolute Gasteiger partial charge is 0.222 e. The Morgan fingerprint density at radius 3 is 2.85 bits per heavy atom. The van der Waals surface area contributed by atoms with E-state index in [1.807, 2.05) is 32.3 Å². The first-order chi connectivity index (χ1) is 15.8. The fraction of sp³-hybridized carbons (Fsp3) is 0.609. The highest BCUT2D eigenvalue weighted by Gasteiger charge is 2.28. The minimum absolute atomic E-state index is 0.0332. The molecule has 33 heavy (non-hydrogen) atoms. The van der Waals surface area contributed by atoms with Crippen LogP contribution in [0, 0.1) is 5.92 Å². The molecule has 182 valence electrons. The van der Waals surface area contributed by atoms with Gasteiger partial charge in [0.05, 0.1) is 41.6 Å². The molecule has 0 unspecified atom stereocenters. The Morgan fingerprint density at radius 2 is 2.12 bits per heavy atom. The fourth-order valence-electron chi connectivity index (χ4n) is 4.01. The van der Waals surface area contributed by atoms with Crippen LogP contribution in [-0.2, 0) is 29.2 Å². The standard InChI is InChI=1S/C23H33Cl2N5O3/c1-16-10-30(17(2)14-31)23(32)5-4-8-29-12-19(26-27-29)15-33-22(16)13-28(3)11-18-6-7-20(24)21(25)9-18/h6-7,9,12,16-17,22,31H,4-5,8,10-11,13-15H2,1-3H3/t16-,17+,22+/m0/s1. The summed E-state index contributed by atoms with van der Waals surface area (Å²) in [5, 5.41) is 19.1. The minimum atomic E-state index is -0.253. The van der Waals surface area contributed by atoms with Crippen LogP contribution in [0.15, 0.2) is 24.4 Å². The van der Waals surface area contributed by atoms with Crippen LogP contribution in [0.2, 0.25) is 10.0 Å². The van der Waals surface area contributed by atoms with Crippen molar-refractivity contribution in [3.63, 3.8) is 0 Å². The first kappa shape index (κ1) is 25.9. The Labute approximate surface area is 205 Å². The molecule has 1 amide bonds. The van der Waals surface area contributed by atoms with Gasteiger partial charge >= 0.3 is 0 Å². The third kappa shape index (κ3) is 7.39. The molecule has 2 heterocycles. The van der Waals surface area contributed by atoms with Crippen molar-refractivity contribution >= 4 is 29.1 Å². The van der Waals surface area contributed by atoms with E-state index in [-0.39, 0.29) is 30.6 Å². The summed E-state index contributed by atoms with van der Waals surface area (Å²) in [6, 6.07) is 5.38. The molecule has 10 heteroatoms. The van der Waals surface area contributed by atoms with Crippen LogP contribution in [0.5, 0.6) is 0 Å². The number of carbonyl (C=O) groups is 1. The number of aromatic nitrogens is 3. The Bertz CT molecular complexity index is 925. The normalized spacial score (nSPS) is 21.4. The van der Waals surface area contributed by atoms with E-state index < -0.39 is 0 Å². The number of ether oxygens (including phenoxy) is 1. The van der Waals surface area contributed by atoms with Crippen molar-refractivity contribution in [2.45, 2.75) is 58.5 Å². The van der Waals surface area contributed by atoms with Crippen molar-refractivity contribution < 1.29 is 14.6 Å². The first-order valence-corrected chi connectivity index (χ1v) is 12.1. The lowest BCUT2D eigenvalue weighted by Crippen LogP contribution is -2.47. The maximum absolute atomic E-state index is 12.9. The second-order valence-electron chi connectivity index (χ2n) is 8.93. The van der Waals surface area contributed by atoms with Crippen molar-refractivity contribution in [3.8, 4) is 0 Å². The molecule has 3 rings (SSSR count). The quantitative estimate of drug-likeness (QED) is 0.659. The SMILES string of the molecule is C[C@H](CO)N1C[C@H](C)[C@@H](CN(C)Cc2ccc(Cl)c(Cl)c2)OCc2cn(nn2)CCCC1=O. The van der Waals surface area contributed by atoms with E-state index in [2.05, 4.69) is 22.1 Å². The second kappa shape index (κ2) is 12.1. The number of hydrogen-bond donors (Lipinski definition) is 1. The number of aryl methyl sites for hydroxylation is 1. The summed E-state index contributed by atoms with van der Waals surface area (Å²) in [6.07, 6.45) is 2.78. The highest BCUT2D eigenvalue weighted by atomic mass is 35.5. The van der Waals surface area contributed by atoms with Crippen molar-refractivity contribution in [1.29, 1.82) is 0 Å². The van der Waals surface area contributed by atoms with Gasteiger partial charge in [0, 0.05) is 38.5 Å². The molecule has 8 nitrogen and oxygen atoms in total. The number of halogens is 2. The van der Waals surface area contributed by atoms with E-state index in [9.17, 15) is 9.90 Å². The highest BCUT2D eigenvalue weighted by molar-refractivity contribution is 6.42. The molecule has 0 saturated heterocycles. The van der Waals surface area contributed by atoms with Gasteiger partial charge in [-0.15, -0.1) is 5.10 Å². The van der Waals surface area contributed by atoms with E-state index in [1.165, 1.54) is 0 Å². The van der Waals surface area contributed by atoms with Crippen LogP contribution in [0.25, 0.3) is 0 Å². The van der Waals surface area contributed by atoms with Crippen LogP contribution >= 0.6 is 23.2 Å². The summed E-state index contributed by atoms with van der Waals surface area (Å²) in [5.41, 5.74) is 1.82. The minimum Gasteiger partial charge on any atom is -0.394 e. The maximum Gasteiger partial charge on any atom is 0.222 e. The van der Waals surface area contributed by atoms with Gasteiger partial charge in [-0.05, 0) is 38.1 Å². The molecule has 1 aromatic heterocycles. The van der Waals surface area contributed by atoms with E-state index in [0.29, 0.717) is 55.7 Å². The number of carbonyl (C=O) groups excluding carboxylic acids is 1. The van der Waals surface area contributed by atoms with Crippen LogP contribution in [0.4, 0.5) is 0 Å². The summed E-state index contributed by atoms with van der Waals surface area (Å²) in [5.74, 6) is 0.0703. The average molecular weight is 498 g/mol. The number of likely N-dealkylation sites (N-methyl/N-ethyl adjacent to an activating group) is 1. The van der Waals surface area contributed by atoms with Gasteiger partial charge in [0.1, 0.15) is 5.69 Å². The zero-order valence-electron chi connectivity index (χ0n) is 19.5. The molecule has 1 aliphatic heterocycles. The molecule has 2 bridgehead atoms. The van der Waals surface area contributed by atoms with E-state index in [4.69, 9.17) is 27.9 Å². The van der Waals surface area contributed by atoms with Gasteiger partial charge in [0.15, 0.2) is 0 Å². The van der Waals surface area contributed by atoms with Gasteiger partial charge in [-0.1, -0.05) is 41.4 Å². The Kier molecular flexibility index (Phi) is 9.52. The average Bonchev–Trinajstić information content (AvgIpc) is 3.24. The van der Waals surface area contributed by atoms with Gasteiger partial charge in [-0.25, -0.2) is 0 Å². The summed E-state index contributed by atoms with van der Waals surface area (Å²) >= 11 is 12.2. The topological polar surface area (TPSA) is 83.7 Å². The Hall–Kier alpha value is -1.71. The number of aliphatic hydroxyl groups is 1. The lowest BCUT2D eigenvalue weighted by atomic mass is 10.0. The van der Waals surface area contributed by atoms with Gasteiger partial charge in [-0.2, -0.15) is 0 Å². The molecule has 1 N–H and O–H groups in total. The maximum atomic E-state index is 12.9. The van der Waals surface area contributed by atoms with Gasteiger partial charge < -0.3 is 14.7 Å². The van der Waals surface area contributed by atoms with Crippen LogP contribution in [0.3, 0.4) is 0 Å². The number of benzene rings is 1.